The third-order valence-electron chi connectivity index (χ3n) is 4.19. The van der Waals surface area contributed by atoms with Crippen LogP contribution in [0, 0.1) is 27.0 Å². The van der Waals surface area contributed by atoms with Gasteiger partial charge in [-0.25, -0.2) is 8.78 Å². The summed E-state index contributed by atoms with van der Waals surface area (Å²) in [6, 6.07) is 10.6. The second kappa shape index (κ2) is 13.0. The quantitative estimate of drug-likeness (QED) is 0.156. The molecule has 0 atom stereocenters. The minimum atomic E-state index is -1.75. The fourth-order valence-corrected chi connectivity index (χ4v) is 2.80. The molecule has 0 aliphatic carbocycles. The van der Waals surface area contributed by atoms with E-state index in [2.05, 4.69) is 10.1 Å². The molecule has 9 nitrogen and oxygen atoms in total. The predicted molar refractivity (Wildman–Crippen MR) is 116 cm³/mol. The van der Waals surface area contributed by atoms with Gasteiger partial charge < -0.3 is 24.8 Å². The van der Waals surface area contributed by atoms with E-state index in [0.717, 1.165) is 18.2 Å². The van der Waals surface area contributed by atoms with Crippen LogP contribution in [0.1, 0.15) is 25.3 Å². The van der Waals surface area contributed by atoms with E-state index in [0.29, 0.717) is 36.1 Å². The first-order valence-electron chi connectivity index (χ1n) is 9.67. The first kappa shape index (κ1) is 25.5. The third-order valence-corrected chi connectivity index (χ3v) is 4.44. The molecule has 1 N–H and O–H groups in total. The molecule has 12 heteroatoms. The summed E-state index contributed by atoms with van der Waals surface area (Å²) in [7, 11) is 0. The summed E-state index contributed by atoms with van der Waals surface area (Å²) >= 11 is 5.84. The molecule has 0 unspecified atom stereocenters. The van der Waals surface area contributed by atoms with Crippen LogP contribution in [0.5, 0.6) is 5.75 Å². The van der Waals surface area contributed by atoms with E-state index in [1.54, 1.807) is 30.1 Å². The molecule has 0 bridgehead atoms. The topological polar surface area (TPSA) is 117 Å². The van der Waals surface area contributed by atoms with Gasteiger partial charge >= 0.3 is 6.33 Å². The van der Waals surface area contributed by atoms with Gasteiger partial charge in [0.1, 0.15) is 17.4 Å². The summed E-state index contributed by atoms with van der Waals surface area (Å²) < 4.78 is 40.8. The van der Waals surface area contributed by atoms with Crippen molar-refractivity contribution in [2.75, 3.05) is 13.2 Å². The normalized spacial score (nSPS) is 11.2. The zero-order valence-corrected chi connectivity index (χ0v) is 18.3. The Hall–Kier alpha value is -3.73. The van der Waals surface area contributed by atoms with Gasteiger partial charge in [0.15, 0.2) is 11.5 Å². The van der Waals surface area contributed by atoms with Gasteiger partial charge in [-0.3, -0.25) is 0 Å². The van der Waals surface area contributed by atoms with Gasteiger partial charge in [0.05, 0.1) is 23.9 Å². The van der Waals surface area contributed by atoms with Crippen LogP contribution in [-0.4, -0.2) is 28.4 Å². The number of ether oxygens (including phenoxy) is 2. The summed E-state index contributed by atoms with van der Waals surface area (Å²) in [5.74, 6) is -0.270. The average molecular weight is 483 g/mol. The van der Waals surface area contributed by atoms with Gasteiger partial charge in [-0.15, -0.1) is 4.68 Å². The van der Waals surface area contributed by atoms with Gasteiger partial charge in [0, 0.05) is 18.0 Å². The van der Waals surface area contributed by atoms with Crippen molar-refractivity contribution in [2.24, 2.45) is 0 Å². The molecule has 33 heavy (non-hydrogen) atoms. The van der Waals surface area contributed by atoms with Crippen molar-refractivity contribution in [3.63, 3.8) is 0 Å². The Bertz CT molecular complexity index is 1060. The number of benzene rings is 2. The fourth-order valence-electron chi connectivity index (χ4n) is 2.67. The number of H-pyrrole nitrogens is 1. The lowest BCUT2D eigenvalue weighted by Crippen LogP contribution is -2.33. The average Bonchev–Trinajstić information content (AvgIpc) is 3.29. The van der Waals surface area contributed by atoms with E-state index in [4.69, 9.17) is 36.4 Å². The SMILES string of the molecule is C/C(=C(/OCCCCOc1ccc(Cl)cc1)c1ccc(F)cc1F)[n+]1cnc[nH]1.O=[N+]([O-])[O-]. The lowest BCUT2D eigenvalue weighted by Gasteiger charge is -2.13. The number of aromatic amines is 1. The number of nitrogens with one attached hydrogen (secondary N) is 1. The maximum absolute atomic E-state index is 14.3. The molecule has 176 valence electrons. The van der Waals surface area contributed by atoms with E-state index >= 15 is 0 Å². The predicted octanol–water partition coefficient (Wildman–Crippen LogP) is 4.61. The monoisotopic (exact) mass is 482 g/mol. The highest BCUT2D eigenvalue weighted by Gasteiger charge is 2.18. The third kappa shape index (κ3) is 8.73. The molecule has 3 rings (SSSR count). The number of nitrogens with zero attached hydrogens (tertiary/aromatic N) is 3. The number of hydrogen-bond donors (Lipinski definition) is 1. The van der Waals surface area contributed by atoms with Gasteiger partial charge in [-0.05, 0) is 54.2 Å². The second-order valence-corrected chi connectivity index (χ2v) is 6.95. The molecule has 0 fully saturated rings. The number of hydrogen-bond acceptors (Lipinski definition) is 6. The maximum Gasteiger partial charge on any atom is 0.311 e. The Labute approximate surface area is 193 Å². The van der Waals surface area contributed by atoms with Crippen molar-refractivity contribution in [1.29, 1.82) is 0 Å². The lowest BCUT2D eigenvalue weighted by molar-refractivity contribution is -0.643. The molecule has 1 heterocycles. The molecule has 0 radical (unpaired) electrons. The molecule has 0 spiro atoms. The van der Waals surface area contributed by atoms with E-state index in [1.165, 1.54) is 18.5 Å². The van der Waals surface area contributed by atoms with Crippen molar-refractivity contribution >= 4 is 23.1 Å². The molecular weight excluding hydrogens is 462 g/mol. The maximum atomic E-state index is 14.3. The van der Waals surface area contributed by atoms with Crippen LogP contribution in [0.15, 0.2) is 55.1 Å². The Morgan fingerprint density at radius 1 is 1.15 bits per heavy atom. The molecule has 0 saturated carbocycles. The molecule has 0 saturated heterocycles. The van der Waals surface area contributed by atoms with Crippen LogP contribution in [-0.2, 0) is 4.74 Å². The first-order chi connectivity index (χ1) is 15.8. The highest BCUT2D eigenvalue weighted by Crippen LogP contribution is 2.24. The molecule has 1 aromatic heterocycles. The minimum absolute atomic E-state index is 0.184. The number of halogens is 3. The molecule has 0 aliphatic rings. The van der Waals surface area contributed by atoms with Crippen LogP contribution in [0.3, 0.4) is 0 Å². The Balaban J connectivity index is 0.000000890. The van der Waals surface area contributed by atoms with Crippen LogP contribution in [0.4, 0.5) is 8.78 Å². The number of aromatic nitrogens is 3. The second-order valence-electron chi connectivity index (χ2n) is 6.51. The van der Waals surface area contributed by atoms with E-state index in [1.807, 2.05) is 12.1 Å². The molecule has 0 aliphatic heterocycles. The van der Waals surface area contributed by atoms with Crippen LogP contribution >= 0.6 is 11.6 Å². The summed E-state index contributed by atoms with van der Waals surface area (Å²) in [5.41, 5.74) is 0.786. The molecule has 3 aromatic rings. The van der Waals surface area contributed by atoms with Crippen LogP contribution in [0.2, 0.25) is 5.02 Å². The van der Waals surface area contributed by atoms with E-state index < -0.39 is 16.7 Å². The van der Waals surface area contributed by atoms with Gasteiger partial charge in [-0.2, -0.15) is 5.10 Å². The summed E-state index contributed by atoms with van der Waals surface area (Å²) in [6.45, 7) is 2.63. The Morgan fingerprint density at radius 2 is 1.82 bits per heavy atom. The fraction of sp³-hybridized carbons (Fsp3) is 0.238. The van der Waals surface area contributed by atoms with Crippen molar-refractivity contribution in [1.82, 2.24) is 10.1 Å². The van der Waals surface area contributed by atoms with Crippen molar-refractivity contribution in [2.45, 2.75) is 19.8 Å². The summed E-state index contributed by atoms with van der Waals surface area (Å²) in [4.78, 5) is 12.2. The highest BCUT2D eigenvalue weighted by molar-refractivity contribution is 6.30. The first-order valence-corrected chi connectivity index (χ1v) is 10.0. The van der Waals surface area contributed by atoms with E-state index in [9.17, 15) is 8.78 Å². The van der Waals surface area contributed by atoms with Gasteiger partial charge in [-0.1, -0.05) is 11.6 Å². The van der Waals surface area contributed by atoms with Crippen LogP contribution in [0.25, 0.3) is 11.5 Å². The van der Waals surface area contributed by atoms with Crippen molar-refractivity contribution < 1.29 is 28.0 Å². The zero-order chi connectivity index (χ0) is 24.2. The lowest BCUT2D eigenvalue weighted by atomic mass is 10.1. The number of rotatable bonds is 9. The van der Waals surface area contributed by atoms with Crippen molar-refractivity contribution in [3.8, 4) is 5.75 Å². The number of allylic oxidation sites excluding steroid dienone is 1. The Kier molecular flexibility index (Phi) is 10.0. The smallest absolute Gasteiger partial charge is 0.311 e. The largest absolute Gasteiger partial charge is 0.494 e. The molecule has 0 amide bonds. The standard InChI is InChI=1S/C21H20ClF2N3O2.NO3/c1-15(27-14-25-13-26-27)21(19-9-6-17(23)12-20(19)24)29-11-3-2-10-28-18-7-4-16(22)5-8-18;2-1(3)4/h4-9,12-14H,2-3,10-11H2,1H3;/q;-1/p+1/b21-15-;. The van der Waals surface area contributed by atoms with E-state index in [-0.39, 0.29) is 5.56 Å². The van der Waals surface area contributed by atoms with Crippen LogP contribution < -0.4 is 9.42 Å². The minimum Gasteiger partial charge on any atom is -0.494 e. The number of unbranched alkanes of at least 4 members (excludes halogenated alkanes) is 1. The van der Waals surface area contributed by atoms with Crippen molar-refractivity contribution in [3.05, 3.63) is 92.7 Å². The molecular formula is C21H21ClF2N4O5. The van der Waals surface area contributed by atoms with Gasteiger partial charge in [0.2, 0.25) is 6.33 Å². The molecule has 2 aromatic carbocycles. The summed E-state index contributed by atoms with van der Waals surface area (Å²) in [6.07, 6.45) is 4.48. The highest BCUT2D eigenvalue weighted by atomic mass is 35.5. The summed E-state index contributed by atoms with van der Waals surface area (Å²) in [5, 5.41) is 18.3. The zero-order valence-electron chi connectivity index (χ0n) is 17.5. The van der Waals surface area contributed by atoms with Gasteiger partial charge in [0.25, 0.3) is 0 Å². The Morgan fingerprint density at radius 3 is 2.42 bits per heavy atom.